The van der Waals surface area contributed by atoms with Gasteiger partial charge in [-0.2, -0.15) is 11.8 Å². The lowest BCUT2D eigenvalue weighted by atomic mass is 9.75. The van der Waals surface area contributed by atoms with Crippen LogP contribution in [0.5, 0.6) is 0 Å². The summed E-state index contributed by atoms with van der Waals surface area (Å²) < 4.78 is 6.02. The lowest BCUT2D eigenvalue weighted by Crippen LogP contribution is -2.29. The van der Waals surface area contributed by atoms with Crippen molar-refractivity contribution in [3.63, 3.8) is 0 Å². The van der Waals surface area contributed by atoms with E-state index in [0.29, 0.717) is 6.10 Å². The van der Waals surface area contributed by atoms with Crippen LogP contribution in [0, 0.1) is 11.8 Å². The first-order valence-electron chi connectivity index (χ1n) is 8.11. The second-order valence-electron chi connectivity index (χ2n) is 5.95. The van der Waals surface area contributed by atoms with Gasteiger partial charge in [0.25, 0.3) is 0 Å². The van der Waals surface area contributed by atoms with Crippen molar-refractivity contribution in [2.75, 3.05) is 18.1 Å². The largest absolute Gasteiger partial charge is 0.378 e. The van der Waals surface area contributed by atoms with Crippen molar-refractivity contribution in [2.24, 2.45) is 11.8 Å². The summed E-state index contributed by atoms with van der Waals surface area (Å²) >= 11 is 2.10. The van der Waals surface area contributed by atoms with E-state index in [1.54, 1.807) is 0 Å². The van der Waals surface area contributed by atoms with Gasteiger partial charge in [0.05, 0.1) is 6.10 Å². The quantitative estimate of drug-likeness (QED) is 0.609. The Labute approximate surface area is 117 Å². The van der Waals surface area contributed by atoms with Crippen molar-refractivity contribution in [1.29, 1.82) is 0 Å². The molecule has 2 atom stereocenters. The molecule has 1 saturated carbocycles. The lowest BCUT2D eigenvalue weighted by Gasteiger charge is -2.34. The van der Waals surface area contributed by atoms with E-state index < -0.39 is 0 Å². The molecule has 0 N–H and O–H groups in total. The van der Waals surface area contributed by atoms with Crippen LogP contribution in [0.25, 0.3) is 0 Å². The van der Waals surface area contributed by atoms with E-state index in [4.69, 9.17) is 4.74 Å². The summed E-state index contributed by atoms with van der Waals surface area (Å²) in [5.41, 5.74) is 0. The van der Waals surface area contributed by atoms with Gasteiger partial charge in [-0.3, -0.25) is 0 Å². The van der Waals surface area contributed by atoms with Gasteiger partial charge in [0.1, 0.15) is 0 Å². The van der Waals surface area contributed by atoms with Crippen LogP contribution in [0.2, 0.25) is 0 Å². The predicted octanol–water partition coefficient (Wildman–Crippen LogP) is 4.90. The van der Waals surface area contributed by atoms with Gasteiger partial charge in [0.2, 0.25) is 0 Å². The Kier molecular flexibility index (Phi) is 6.93. The van der Waals surface area contributed by atoms with Crippen molar-refractivity contribution in [3.8, 4) is 0 Å². The average Bonchev–Trinajstić information content (AvgIpc) is 2.94. The van der Waals surface area contributed by atoms with Gasteiger partial charge in [-0.1, -0.05) is 39.0 Å². The first-order valence-corrected chi connectivity index (χ1v) is 9.26. The molecule has 0 bridgehead atoms. The summed E-state index contributed by atoms with van der Waals surface area (Å²) in [6, 6.07) is 0. The highest BCUT2D eigenvalue weighted by Crippen LogP contribution is 2.38. The number of hydrogen-bond acceptors (Lipinski definition) is 2. The summed E-state index contributed by atoms with van der Waals surface area (Å²) in [6.45, 7) is 3.29. The highest BCUT2D eigenvalue weighted by Gasteiger charge is 2.32. The van der Waals surface area contributed by atoms with Gasteiger partial charge in [0.15, 0.2) is 0 Å². The molecule has 0 aromatic heterocycles. The molecule has 1 aliphatic heterocycles. The fraction of sp³-hybridized carbons (Fsp3) is 1.00. The molecule has 2 rings (SSSR count). The summed E-state index contributed by atoms with van der Waals surface area (Å²) in [5.74, 6) is 4.49. The van der Waals surface area contributed by atoms with Gasteiger partial charge in [-0.25, -0.2) is 0 Å². The second-order valence-corrected chi connectivity index (χ2v) is 7.35. The maximum Gasteiger partial charge on any atom is 0.0606 e. The zero-order valence-corrected chi connectivity index (χ0v) is 12.9. The maximum atomic E-state index is 6.02. The van der Waals surface area contributed by atoms with Crippen molar-refractivity contribution < 1.29 is 4.74 Å². The zero-order valence-electron chi connectivity index (χ0n) is 12.0. The van der Waals surface area contributed by atoms with Crippen LogP contribution in [0.15, 0.2) is 0 Å². The van der Waals surface area contributed by atoms with Crippen LogP contribution < -0.4 is 0 Å². The number of hydrogen-bond donors (Lipinski definition) is 0. The van der Waals surface area contributed by atoms with Crippen LogP contribution >= 0.6 is 11.8 Å². The second kappa shape index (κ2) is 8.47. The highest BCUT2D eigenvalue weighted by atomic mass is 32.2. The first kappa shape index (κ1) is 14.7. The third-order valence-corrected chi connectivity index (χ3v) is 5.71. The third kappa shape index (κ3) is 4.45. The fourth-order valence-corrected chi connectivity index (χ4v) is 4.45. The minimum absolute atomic E-state index is 0.611. The standard InChI is InChI=1S/C16H30OS/c1-2-18-13-7-10-15(16-11-6-12-17-16)14-8-4-3-5-9-14/h14-16H,2-13H2,1H3. The van der Waals surface area contributed by atoms with Gasteiger partial charge >= 0.3 is 0 Å². The molecule has 106 valence electrons. The Morgan fingerprint density at radius 2 is 1.94 bits per heavy atom. The molecule has 0 radical (unpaired) electrons. The van der Waals surface area contributed by atoms with Crippen LogP contribution in [0.3, 0.4) is 0 Å². The highest BCUT2D eigenvalue weighted by molar-refractivity contribution is 7.99. The Hall–Kier alpha value is 0.310. The van der Waals surface area contributed by atoms with E-state index >= 15 is 0 Å². The van der Waals surface area contributed by atoms with Crippen LogP contribution in [0.4, 0.5) is 0 Å². The topological polar surface area (TPSA) is 9.23 Å². The third-order valence-electron chi connectivity index (χ3n) is 4.73. The van der Waals surface area contributed by atoms with E-state index in [0.717, 1.165) is 18.4 Å². The summed E-state index contributed by atoms with van der Waals surface area (Å²) in [5, 5.41) is 0. The van der Waals surface area contributed by atoms with E-state index in [2.05, 4.69) is 18.7 Å². The van der Waals surface area contributed by atoms with E-state index in [1.807, 2.05) is 0 Å². The number of thioether (sulfide) groups is 1. The Balaban J connectivity index is 1.80. The Bertz CT molecular complexity index is 207. The van der Waals surface area contributed by atoms with Crippen molar-refractivity contribution in [1.82, 2.24) is 0 Å². The van der Waals surface area contributed by atoms with Gasteiger partial charge in [0, 0.05) is 6.61 Å². The fourth-order valence-electron chi connectivity index (χ4n) is 3.79. The summed E-state index contributed by atoms with van der Waals surface area (Å²) in [4.78, 5) is 0. The molecule has 0 amide bonds. The minimum Gasteiger partial charge on any atom is -0.378 e. The minimum atomic E-state index is 0.611. The lowest BCUT2D eigenvalue weighted by molar-refractivity contribution is 0.0243. The molecule has 2 heteroatoms. The molecule has 18 heavy (non-hydrogen) atoms. The predicted molar refractivity (Wildman–Crippen MR) is 81.3 cm³/mol. The summed E-state index contributed by atoms with van der Waals surface area (Å²) in [6.07, 6.45) is 13.4. The SMILES string of the molecule is CCSCCCC(C1CCCCC1)C1CCCO1. The molecular formula is C16H30OS. The van der Waals surface area contributed by atoms with Crippen molar-refractivity contribution >= 4 is 11.8 Å². The van der Waals surface area contributed by atoms with Gasteiger partial charge in [-0.15, -0.1) is 0 Å². The smallest absolute Gasteiger partial charge is 0.0606 e. The van der Waals surface area contributed by atoms with Crippen LogP contribution in [0.1, 0.15) is 64.7 Å². The molecular weight excluding hydrogens is 240 g/mol. The molecule has 2 fully saturated rings. The molecule has 1 heterocycles. The maximum absolute atomic E-state index is 6.02. The normalized spacial score (nSPS) is 27.5. The molecule has 1 nitrogen and oxygen atoms in total. The number of rotatable bonds is 7. The van der Waals surface area contributed by atoms with Crippen molar-refractivity contribution in [3.05, 3.63) is 0 Å². The van der Waals surface area contributed by atoms with Crippen molar-refractivity contribution in [2.45, 2.75) is 70.8 Å². The molecule has 0 spiro atoms. The van der Waals surface area contributed by atoms with E-state index in [-0.39, 0.29) is 0 Å². The Morgan fingerprint density at radius 3 is 2.61 bits per heavy atom. The van der Waals surface area contributed by atoms with Gasteiger partial charge < -0.3 is 4.74 Å². The van der Waals surface area contributed by atoms with Crippen LogP contribution in [-0.4, -0.2) is 24.2 Å². The molecule has 2 unspecified atom stereocenters. The molecule has 1 aliphatic carbocycles. The number of ether oxygens (including phenoxy) is 1. The molecule has 0 aromatic carbocycles. The first-order chi connectivity index (χ1) is 8.92. The van der Waals surface area contributed by atoms with E-state index in [9.17, 15) is 0 Å². The van der Waals surface area contributed by atoms with E-state index in [1.165, 1.54) is 69.3 Å². The zero-order chi connectivity index (χ0) is 12.6. The van der Waals surface area contributed by atoms with Gasteiger partial charge in [-0.05, 0) is 49.0 Å². The molecule has 1 saturated heterocycles. The monoisotopic (exact) mass is 270 g/mol. The summed E-state index contributed by atoms with van der Waals surface area (Å²) in [7, 11) is 0. The average molecular weight is 270 g/mol. The molecule has 2 aliphatic rings. The Morgan fingerprint density at radius 1 is 1.11 bits per heavy atom. The molecule has 0 aromatic rings. The van der Waals surface area contributed by atoms with Crippen LogP contribution in [-0.2, 0) is 4.74 Å².